The van der Waals surface area contributed by atoms with E-state index >= 15 is 0 Å². The van der Waals surface area contributed by atoms with Crippen molar-refractivity contribution in [1.82, 2.24) is 10.2 Å². The number of urea groups is 1. The first-order valence-electron chi connectivity index (χ1n) is 10.2. The fourth-order valence-electron chi connectivity index (χ4n) is 4.22. The second-order valence-corrected chi connectivity index (χ2v) is 8.00. The molecule has 0 radical (unpaired) electrons. The first-order valence-corrected chi connectivity index (χ1v) is 10.2. The molecule has 3 amide bonds. The van der Waals surface area contributed by atoms with E-state index < -0.39 is 0 Å². The Labute approximate surface area is 176 Å². The molecule has 1 aliphatic heterocycles. The summed E-state index contributed by atoms with van der Waals surface area (Å²) in [4.78, 5) is 26.5. The Bertz CT molecular complexity index is 886. The first kappa shape index (κ1) is 20.2. The van der Waals surface area contributed by atoms with Crippen LogP contribution >= 0.6 is 0 Å². The van der Waals surface area contributed by atoms with Crippen molar-refractivity contribution in [3.05, 3.63) is 59.7 Å². The number of anilines is 1. The molecule has 2 aromatic carbocycles. The number of methoxy groups -OCH3 is 1. The van der Waals surface area contributed by atoms with Crippen LogP contribution in [0, 0.1) is 17.8 Å². The molecule has 2 fully saturated rings. The minimum Gasteiger partial charge on any atom is -0.497 e. The maximum absolute atomic E-state index is 12.5. The molecule has 2 aromatic rings. The van der Waals surface area contributed by atoms with Crippen LogP contribution in [0.4, 0.5) is 10.5 Å². The van der Waals surface area contributed by atoms with Crippen LogP contribution in [-0.2, 0) is 17.8 Å². The van der Waals surface area contributed by atoms with Crippen molar-refractivity contribution >= 4 is 17.6 Å². The number of rotatable bonds is 7. The highest BCUT2D eigenvalue weighted by Gasteiger charge is 2.55. The lowest BCUT2D eigenvalue weighted by Gasteiger charge is -2.19. The molecule has 4 rings (SSSR count). The third kappa shape index (κ3) is 4.57. The molecule has 3 atom stereocenters. The maximum Gasteiger partial charge on any atom is 0.319 e. The van der Waals surface area contributed by atoms with Crippen molar-refractivity contribution in [2.75, 3.05) is 32.1 Å². The van der Waals surface area contributed by atoms with Crippen LogP contribution in [-0.4, -0.2) is 48.8 Å². The molecule has 0 spiro atoms. The molecule has 2 aliphatic rings. The van der Waals surface area contributed by atoms with Crippen LogP contribution in [0.25, 0.3) is 0 Å². The summed E-state index contributed by atoms with van der Waals surface area (Å²) in [5.74, 6) is 2.27. The van der Waals surface area contributed by atoms with E-state index in [0.717, 1.165) is 30.0 Å². The van der Waals surface area contributed by atoms with Crippen molar-refractivity contribution in [2.45, 2.75) is 13.0 Å². The number of carbonyl (C=O) groups is 2. The number of amides is 3. The molecule has 7 nitrogen and oxygen atoms in total. The number of piperidine rings is 1. The van der Waals surface area contributed by atoms with E-state index in [4.69, 9.17) is 4.74 Å². The lowest BCUT2D eigenvalue weighted by atomic mass is 10.1. The highest BCUT2D eigenvalue weighted by molar-refractivity contribution is 5.89. The van der Waals surface area contributed by atoms with Crippen molar-refractivity contribution in [1.29, 1.82) is 0 Å². The van der Waals surface area contributed by atoms with Crippen molar-refractivity contribution in [3.63, 3.8) is 0 Å². The average molecular weight is 409 g/mol. The molecule has 1 saturated heterocycles. The molecule has 0 bridgehead atoms. The predicted molar refractivity (Wildman–Crippen MR) is 113 cm³/mol. The number of nitrogens with one attached hydrogen (secondary N) is 2. The molecule has 1 unspecified atom stereocenters. The summed E-state index contributed by atoms with van der Waals surface area (Å²) in [7, 11) is 1.61. The zero-order chi connectivity index (χ0) is 21.1. The third-order valence-corrected chi connectivity index (χ3v) is 6.11. The van der Waals surface area contributed by atoms with Crippen LogP contribution in [0.15, 0.2) is 48.5 Å². The van der Waals surface area contributed by atoms with Crippen molar-refractivity contribution < 1.29 is 19.4 Å². The number of benzene rings is 2. The summed E-state index contributed by atoms with van der Waals surface area (Å²) >= 11 is 0. The van der Waals surface area contributed by atoms with Gasteiger partial charge in [-0.2, -0.15) is 0 Å². The van der Waals surface area contributed by atoms with Gasteiger partial charge < -0.3 is 25.4 Å². The summed E-state index contributed by atoms with van der Waals surface area (Å²) in [6, 6.07) is 14.6. The van der Waals surface area contributed by atoms with Gasteiger partial charge in [-0.15, -0.1) is 0 Å². The summed E-state index contributed by atoms with van der Waals surface area (Å²) in [5.41, 5.74) is 2.57. The van der Waals surface area contributed by atoms with Gasteiger partial charge in [-0.25, -0.2) is 4.79 Å². The number of carbonyl (C=O) groups excluding carboxylic acids is 2. The van der Waals surface area contributed by atoms with Crippen LogP contribution < -0.4 is 15.4 Å². The fraction of sp³-hybridized carbons (Fsp3) is 0.391. The van der Waals surface area contributed by atoms with E-state index in [-0.39, 0.29) is 18.5 Å². The number of aliphatic hydroxyl groups is 1. The van der Waals surface area contributed by atoms with E-state index in [2.05, 4.69) is 10.6 Å². The molecule has 1 saturated carbocycles. The number of ether oxygens (including phenoxy) is 1. The number of hydrogen-bond acceptors (Lipinski definition) is 4. The monoisotopic (exact) mass is 409 g/mol. The standard InChI is InChI=1S/C23H27N3O4/c1-30-18-8-4-16(5-9-18)11-24-23(29)25-17-6-2-15(3-7-17)10-22(28)26-12-19-20(13-26)21(19)14-27/h2-9,19-21,27H,10-14H2,1H3,(H2,24,25,29)/t19-,20+,21?. The fourth-order valence-corrected chi connectivity index (χ4v) is 4.22. The predicted octanol–water partition coefficient (Wildman–Crippen LogP) is 2.26. The molecule has 3 N–H and O–H groups in total. The van der Waals surface area contributed by atoms with Gasteiger partial charge in [0.05, 0.1) is 13.5 Å². The summed E-state index contributed by atoms with van der Waals surface area (Å²) in [5, 5.41) is 14.8. The van der Waals surface area contributed by atoms with E-state index in [1.165, 1.54) is 0 Å². The molecule has 1 heterocycles. The van der Waals surface area contributed by atoms with E-state index in [1.54, 1.807) is 19.2 Å². The zero-order valence-electron chi connectivity index (χ0n) is 17.0. The van der Waals surface area contributed by atoms with Gasteiger partial charge in [0.2, 0.25) is 5.91 Å². The van der Waals surface area contributed by atoms with E-state index in [1.807, 2.05) is 41.3 Å². The Morgan fingerprint density at radius 3 is 2.27 bits per heavy atom. The Morgan fingerprint density at radius 2 is 1.67 bits per heavy atom. The maximum atomic E-state index is 12.5. The Kier molecular flexibility index (Phi) is 5.90. The Balaban J connectivity index is 1.21. The minimum atomic E-state index is -0.288. The third-order valence-electron chi connectivity index (χ3n) is 6.11. The number of fused-ring (bicyclic) bond motifs is 1. The van der Waals surface area contributed by atoms with Gasteiger partial charge in [0, 0.05) is 31.9 Å². The normalized spacial score (nSPS) is 21.7. The van der Waals surface area contributed by atoms with Gasteiger partial charge in [0.1, 0.15) is 5.75 Å². The van der Waals surface area contributed by atoms with Gasteiger partial charge in [-0.3, -0.25) is 4.79 Å². The van der Waals surface area contributed by atoms with Crippen molar-refractivity contribution in [3.8, 4) is 5.75 Å². The zero-order valence-corrected chi connectivity index (χ0v) is 17.0. The molecule has 1 aliphatic carbocycles. The van der Waals surface area contributed by atoms with Gasteiger partial charge >= 0.3 is 6.03 Å². The largest absolute Gasteiger partial charge is 0.497 e. The molecule has 30 heavy (non-hydrogen) atoms. The molecule has 7 heteroatoms. The van der Waals surface area contributed by atoms with Gasteiger partial charge in [0.15, 0.2) is 0 Å². The SMILES string of the molecule is COc1ccc(CNC(=O)Nc2ccc(CC(=O)N3C[C@@H]4C(CO)[C@@H]4C3)cc2)cc1. The molecular weight excluding hydrogens is 382 g/mol. The lowest BCUT2D eigenvalue weighted by molar-refractivity contribution is -0.130. The Morgan fingerprint density at radius 1 is 1.03 bits per heavy atom. The number of aliphatic hydroxyl groups excluding tert-OH is 1. The van der Waals surface area contributed by atoms with Crippen LogP contribution in [0.2, 0.25) is 0 Å². The van der Waals surface area contributed by atoms with Gasteiger partial charge in [0.25, 0.3) is 0 Å². The minimum absolute atomic E-state index is 0.122. The molecule has 0 aromatic heterocycles. The van der Waals surface area contributed by atoms with Crippen LogP contribution in [0.3, 0.4) is 0 Å². The Hall–Kier alpha value is -3.06. The smallest absolute Gasteiger partial charge is 0.319 e. The number of likely N-dealkylation sites (tertiary alicyclic amines) is 1. The second-order valence-electron chi connectivity index (χ2n) is 8.00. The van der Waals surface area contributed by atoms with Gasteiger partial charge in [-0.05, 0) is 53.1 Å². The quantitative estimate of drug-likeness (QED) is 0.654. The second kappa shape index (κ2) is 8.75. The van der Waals surface area contributed by atoms with Crippen molar-refractivity contribution in [2.24, 2.45) is 17.8 Å². The highest BCUT2D eigenvalue weighted by atomic mass is 16.5. The summed E-state index contributed by atoms with van der Waals surface area (Å²) in [6.07, 6.45) is 0.354. The lowest BCUT2D eigenvalue weighted by Crippen LogP contribution is -2.33. The van der Waals surface area contributed by atoms with E-state index in [0.29, 0.717) is 36.4 Å². The van der Waals surface area contributed by atoms with Gasteiger partial charge in [-0.1, -0.05) is 24.3 Å². The first-order chi connectivity index (χ1) is 14.6. The number of nitrogens with zero attached hydrogens (tertiary/aromatic N) is 1. The summed E-state index contributed by atoms with van der Waals surface area (Å²) in [6.45, 7) is 2.18. The topological polar surface area (TPSA) is 90.9 Å². The van der Waals surface area contributed by atoms with Crippen LogP contribution in [0.1, 0.15) is 11.1 Å². The highest BCUT2D eigenvalue weighted by Crippen LogP contribution is 2.51. The average Bonchev–Trinajstić information content (AvgIpc) is 3.24. The molecule has 158 valence electrons. The summed E-state index contributed by atoms with van der Waals surface area (Å²) < 4.78 is 5.12. The molecular formula is C23H27N3O4. The number of hydrogen-bond donors (Lipinski definition) is 3. The van der Waals surface area contributed by atoms with Crippen LogP contribution in [0.5, 0.6) is 5.75 Å². The van der Waals surface area contributed by atoms with E-state index in [9.17, 15) is 14.7 Å².